The van der Waals surface area contributed by atoms with Crippen molar-refractivity contribution in [2.24, 2.45) is 0 Å². The Hall–Kier alpha value is -2.79. The maximum Gasteiger partial charge on any atom is 0.221 e. The molecule has 0 radical (unpaired) electrons. The zero-order valence-electron chi connectivity index (χ0n) is 11.0. The fourth-order valence-corrected chi connectivity index (χ4v) is 1.47. The number of carbonyl (C=O) groups excluding carboxylic acids is 1. The first-order chi connectivity index (χ1) is 8.97. The van der Waals surface area contributed by atoms with Crippen LogP contribution in [0.5, 0.6) is 0 Å². The minimum atomic E-state index is -0.184. The highest BCUT2D eigenvalue weighted by molar-refractivity contribution is 5.93. The van der Waals surface area contributed by atoms with E-state index in [4.69, 9.17) is 10.5 Å². The molecule has 1 rings (SSSR count). The quantitative estimate of drug-likeness (QED) is 0.811. The number of nitrogens with one attached hydrogen (secondary N) is 2. The summed E-state index contributed by atoms with van der Waals surface area (Å²) in [6.07, 6.45) is 1.31. The summed E-state index contributed by atoms with van der Waals surface area (Å²) < 4.78 is 0. The second kappa shape index (κ2) is 6.23. The van der Waals surface area contributed by atoms with Crippen LogP contribution in [0.15, 0.2) is 23.9 Å². The van der Waals surface area contributed by atoms with E-state index in [0.29, 0.717) is 11.4 Å². The molecule has 1 amide bonds. The molecule has 1 aromatic rings. The van der Waals surface area contributed by atoms with Crippen LogP contribution in [-0.2, 0) is 4.79 Å². The van der Waals surface area contributed by atoms with E-state index < -0.39 is 0 Å². The summed E-state index contributed by atoms with van der Waals surface area (Å²) in [7, 11) is 0. The third-order valence-corrected chi connectivity index (χ3v) is 2.56. The molecule has 1 aromatic carbocycles. The Morgan fingerprint density at radius 3 is 2.16 bits per heavy atom. The van der Waals surface area contributed by atoms with Gasteiger partial charge in [0.2, 0.25) is 5.91 Å². The Balaban J connectivity index is 3.15. The minimum Gasteiger partial charge on any atom is -0.358 e. The van der Waals surface area contributed by atoms with Gasteiger partial charge in [-0.2, -0.15) is 10.5 Å². The van der Waals surface area contributed by atoms with Crippen molar-refractivity contribution in [3.8, 4) is 12.1 Å². The first-order valence-electron chi connectivity index (χ1n) is 5.63. The van der Waals surface area contributed by atoms with Crippen LogP contribution in [0.3, 0.4) is 0 Å². The molecular formula is C14H14N4O. The lowest BCUT2D eigenvalue weighted by Gasteiger charge is -2.13. The number of hydrogen-bond donors (Lipinski definition) is 2. The zero-order valence-corrected chi connectivity index (χ0v) is 11.0. The molecule has 5 heteroatoms. The first kappa shape index (κ1) is 14.3. The monoisotopic (exact) mass is 254 g/mol. The molecule has 0 fully saturated rings. The SMILES string of the molecule is CC(=O)Nc1cc(C)c(C)cc1NC=C(C#N)C#N. The van der Waals surface area contributed by atoms with Gasteiger partial charge in [-0.15, -0.1) is 0 Å². The smallest absolute Gasteiger partial charge is 0.221 e. The lowest BCUT2D eigenvalue weighted by atomic mass is 10.1. The summed E-state index contributed by atoms with van der Waals surface area (Å²) in [5.74, 6) is -0.184. The third-order valence-electron chi connectivity index (χ3n) is 2.56. The fourth-order valence-electron chi connectivity index (χ4n) is 1.47. The Morgan fingerprint density at radius 1 is 1.16 bits per heavy atom. The normalized spacial score (nSPS) is 8.89. The second-order valence-corrected chi connectivity index (χ2v) is 4.09. The van der Waals surface area contributed by atoms with Crippen LogP contribution in [-0.4, -0.2) is 5.91 Å². The number of nitriles is 2. The second-order valence-electron chi connectivity index (χ2n) is 4.09. The molecule has 0 aliphatic carbocycles. The Labute approximate surface area is 112 Å². The highest BCUT2D eigenvalue weighted by Crippen LogP contribution is 2.26. The van der Waals surface area contributed by atoms with Gasteiger partial charge < -0.3 is 10.6 Å². The zero-order chi connectivity index (χ0) is 14.4. The van der Waals surface area contributed by atoms with Gasteiger partial charge in [0.1, 0.15) is 17.7 Å². The molecule has 0 saturated carbocycles. The van der Waals surface area contributed by atoms with Crippen molar-refractivity contribution in [2.75, 3.05) is 10.6 Å². The molecule has 0 unspecified atom stereocenters. The summed E-state index contributed by atoms with van der Waals surface area (Å²) in [4.78, 5) is 11.2. The van der Waals surface area contributed by atoms with Gasteiger partial charge in [-0.1, -0.05) is 0 Å². The van der Waals surface area contributed by atoms with Crippen molar-refractivity contribution < 1.29 is 4.79 Å². The summed E-state index contributed by atoms with van der Waals surface area (Å²) >= 11 is 0. The van der Waals surface area contributed by atoms with Crippen molar-refractivity contribution in [1.29, 1.82) is 10.5 Å². The molecule has 19 heavy (non-hydrogen) atoms. The number of hydrogen-bond acceptors (Lipinski definition) is 4. The Bertz CT molecular complexity index is 602. The molecule has 0 bridgehead atoms. The van der Waals surface area contributed by atoms with Crippen LogP contribution in [0.2, 0.25) is 0 Å². The minimum absolute atomic E-state index is 0.0352. The van der Waals surface area contributed by atoms with Crippen molar-refractivity contribution in [3.63, 3.8) is 0 Å². The molecule has 0 heterocycles. The van der Waals surface area contributed by atoms with Gasteiger partial charge in [-0.3, -0.25) is 4.79 Å². The number of allylic oxidation sites excluding steroid dienone is 1. The molecular weight excluding hydrogens is 240 g/mol. The van der Waals surface area contributed by atoms with Gasteiger partial charge in [0, 0.05) is 13.1 Å². The van der Waals surface area contributed by atoms with E-state index >= 15 is 0 Å². The fraction of sp³-hybridized carbons (Fsp3) is 0.214. The number of aryl methyl sites for hydroxylation is 2. The number of amides is 1. The van der Waals surface area contributed by atoms with Crippen LogP contribution in [0, 0.1) is 36.5 Å². The largest absolute Gasteiger partial charge is 0.358 e. The molecule has 0 saturated heterocycles. The Morgan fingerprint density at radius 2 is 1.68 bits per heavy atom. The van der Waals surface area contributed by atoms with E-state index in [9.17, 15) is 4.79 Å². The summed E-state index contributed by atoms with van der Waals surface area (Å²) in [6.45, 7) is 5.30. The van der Waals surface area contributed by atoms with Crippen LogP contribution >= 0.6 is 0 Å². The predicted molar refractivity (Wildman–Crippen MR) is 73.2 cm³/mol. The van der Waals surface area contributed by atoms with Crippen LogP contribution in [0.4, 0.5) is 11.4 Å². The first-order valence-corrected chi connectivity index (χ1v) is 5.63. The molecule has 2 N–H and O–H groups in total. The van der Waals surface area contributed by atoms with Crippen molar-refractivity contribution >= 4 is 17.3 Å². The number of rotatable bonds is 3. The van der Waals surface area contributed by atoms with Gasteiger partial charge >= 0.3 is 0 Å². The van der Waals surface area contributed by atoms with E-state index in [0.717, 1.165) is 11.1 Å². The molecule has 0 aliphatic heterocycles. The maximum absolute atomic E-state index is 11.2. The third kappa shape index (κ3) is 3.86. The molecule has 0 spiro atoms. The summed E-state index contributed by atoms with van der Waals surface area (Å²) in [5, 5.41) is 22.9. The highest BCUT2D eigenvalue weighted by Gasteiger charge is 2.06. The number of benzene rings is 1. The molecule has 5 nitrogen and oxygen atoms in total. The lowest BCUT2D eigenvalue weighted by Crippen LogP contribution is -2.08. The molecule has 0 aliphatic rings. The van der Waals surface area contributed by atoms with Gasteiger partial charge in [0.15, 0.2) is 0 Å². The van der Waals surface area contributed by atoms with Crippen molar-refractivity contribution in [1.82, 2.24) is 0 Å². The van der Waals surface area contributed by atoms with Crippen molar-refractivity contribution in [3.05, 3.63) is 35.0 Å². The topological polar surface area (TPSA) is 88.7 Å². The van der Waals surface area contributed by atoms with Gasteiger partial charge in [-0.25, -0.2) is 0 Å². The summed E-state index contributed by atoms with van der Waals surface area (Å²) in [6, 6.07) is 7.21. The molecule has 0 aromatic heterocycles. The average molecular weight is 254 g/mol. The maximum atomic E-state index is 11.2. The highest BCUT2D eigenvalue weighted by atomic mass is 16.1. The van der Waals surface area contributed by atoms with E-state index in [2.05, 4.69) is 10.6 Å². The Kier molecular flexibility index (Phi) is 4.68. The molecule has 0 atom stereocenters. The van der Waals surface area contributed by atoms with Crippen LogP contribution < -0.4 is 10.6 Å². The van der Waals surface area contributed by atoms with E-state index in [1.807, 2.05) is 26.0 Å². The standard InChI is InChI=1S/C14H14N4O/c1-9-4-13(17-8-12(6-15)7-16)14(5-10(9)2)18-11(3)19/h4-5,8,17H,1-3H3,(H,18,19). The number of nitrogens with zero attached hydrogens (tertiary/aromatic N) is 2. The molecule has 96 valence electrons. The van der Waals surface area contributed by atoms with Gasteiger partial charge in [-0.05, 0) is 37.1 Å². The van der Waals surface area contributed by atoms with E-state index in [-0.39, 0.29) is 11.5 Å². The van der Waals surface area contributed by atoms with Crippen molar-refractivity contribution in [2.45, 2.75) is 20.8 Å². The number of anilines is 2. The van der Waals surface area contributed by atoms with Gasteiger partial charge in [0.25, 0.3) is 0 Å². The predicted octanol–water partition coefficient (Wildman–Crippen LogP) is 2.60. The van der Waals surface area contributed by atoms with E-state index in [1.54, 1.807) is 12.1 Å². The van der Waals surface area contributed by atoms with E-state index in [1.165, 1.54) is 13.1 Å². The number of carbonyl (C=O) groups is 1. The van der Waals surface area contributed by atoms with Gasteiger partial charge in [0.05, 0.1) is 11.4 Å². The van der Waals surface area contributed by atoms with Crippen LogP contribution in [0.1, 0.15) is 18.1 Å². The summed E-state index contributed by atoms with van der Waals surface area (Å²) in [5.41, 5.74) is 3.30. The average Bonchev–Trinajstić information content (AvgIpc) is 2.35. The lowest BCUT2D eigenvalue weighted by molar-refractivity contribution is -0.114. The van der Waals surface area contributed by atoms with Crippen LogP contribution in [0.25, 0.3) is 0 Å².